The van der Waals surface area contributed by atoms with Crippen molar-refractivity contribution in [3.63, 3.8) is 0 Å². The molecule has 4 nitrogen and oxygen atoms in total. The van der Waals surface area contributed by atoms with E-state index < -0.39 is 0 Å². The predicted molar refractivity (Wildman–Crippen MR) is 85.2 cm³/mol. The Balaban J connectivity index is 0. The number of nitrogens with two attached hydrogens (primary N) is 1. The molecule has 0 heterocycles. The molecule has 19 heavy (non-hydrogen) atoms. The maximum Gasteiger partial charge on any atom is 0.227 e. The van der Waals surface area contributed by atoms with Gasteiger partial charge < -0.3 is 16.0 Å². The average molecular weight is 314 g/mol. The van der Waals surface area contributed by atoms with Crippen molar-refractivity contribution in [2.24, 2.45) is 11.1 Å². The number of carbonyl (C=O) groups excluding carboxylic acids is 1. The Bertz CT molecular complexity index is 242. The van der Waals surface area contributed by atoms with E-state index in [-0.39, 0.29) is 36.1 Å². The lowest BCUT2D eigenvalue weighted by molar-refractivity contribution is -0.130. The summed E-state index contributed by atoms with van der Waals surface area (Å²) < 4.78 is 0. The van der Waals surface area contributed by atoms with Crippen LogP contribution >= 0.6 is 24.8 Å². The van der Waals surface area contributed by atoms with Gasteiger partial charge in [0.1, 0.15) is 0 Å². The fourth-order valence-electron chi connectivity index (χ4n) is 2.63. The Morgan fingerprint density at radius 2 is 1.74 bits per heavy atom. The molecule has 0 aromatic carbocycles. The summed E-state index contributed by atoms with van der Waals surface area (Å²) >= 11 is 0. The highest BCUT2D eigenvalue weighted by atomic mass is 35.5. The molecule has 0 aromatic rings. The second-order valence-corrected chi connectivity index (χ2v) is 4.97. The van der Waals surface area contributed by atoms with E-state index in [0.29, 0.717) is 6.54 Å². The molecule has 0 radical (unpaired) electrons. The average Bonchev–Trinajstić information content (AvgIpc) is 2.84. The summed E-state index contributed by atoms with van der Waals surface area (Å²) in [6, 6.07) is 0. The van der Waals surface area contributed by atoms with Gasteiger partial charge >= 0.3 is 0 Å². The first kappa shape index (κ1) is 21.3. The summed E-state index contributed by atoms with van der Waals surface area (Å²) in [4.78, 5) is 14.5. The van der Waals surface area contributed by atoms with E-state index in [0.717, 1.165) is 51.9 Å². The van der Waals surface area contributed by atoms with Crippen LogP contribution in [0.15, 0.2) is 0 Å². The van der Waals surface area contributed by atoms with Gasteiger partial charge in [-0.15, -0.1) is 24.8 Å². The molecule has 0 spiro atoms. The van der Waals surface area contributed by atoms with Crippen LogP contribution in [0.2, 0.25) is 0 Å². The summed E-state index contributed by atoms with van der Waals surface area (Å²) in [5.41, 5.74) is 5.52. The number of hydrogen-bond acceptors (Lipinski definition) is 3. The zero-order chi connectivity index (χ0) is 12.7. The van der Waals surface area contributed by atoms with Crippen molar-refractivity contribution in [2.45, 2.75) is 39.5 Å². The molecule has 0 atom stereocenters. The van der Waals surface area contributed by atoms with Crippen LogP contribution in [-0.2, 0) is 4.79 Å². The quantitative estimate of drug-likeness (QED) is 0.753. The molecule has 1 amide bonds. The van der Waals surface area contributed by atoms with Crippen LogP contribution in [0.5, 0.6) is 0 Å². The maximum atomic E-state index is 12.1. The molecular weight excluding hydrogens is 285 g/mol. The lowest BCUT2D eigenvalue weighted by atomic mass is 9.85. The second-order valence-electron chi connectivity index (χ2n) is 4.97. The first-order valence-corrected chi connectivity index (χ1v) is 6.89. The third kappa shape index (κ3) is 5.86. The van der Waals surface area contributed by atoms with Crippen molar-refractivity contribution in [2.75, 3.05) is 32.7 Å². The Kier molecular flexibility index (Phi) is 12.0. The number of nitrogens with zero attached hydrogens (tertiary/aromatic N) is 1. The molecule has 1 aliphatic rings. The minimum atomic E-state index is -0.261. The minimum absolute atomic E-state index is 0. The van der Waals surface area contributed by atoms with Gasteiger partial charge in [0.15, 0.2) is 0 Å². The zero-order valence-corrected chi connectivity index (χ0v) is 13.7. The number of likely N-dealkylation sites (N-methyl/N-ethyl adjacent to an activating group) is 1. The highest BCUT2D eigenvalue weighted by Crippen LogP contribution is 2.37. The SMILES string of the molecule is CCN(CC)CCNC(=O)C1(CN)CCCC1.Cl.Cl. The van der Waals surface area contributed by atoms with Crippen molar-refractivity contribution < 1.29 is 4.79 Å². The zero-order valence-electron chi connectivity index (χ0n) is 12.1. The van der Waals surface area contributed by atoms with Crippen LogP contribution in [0, 0.1) is 5.41 Å². The van der Waals surface area contributed by atoms with Crippen LogP contribution in [0.1, 0.15) is 39.5 Å². The molecule has 116 valence electrons. The summed E-state index contributed by atoms with van der Waals surface area (Å²) in [5, 5.41) is 3.05. The van der Waals surface area contributed by atoms with E-state index in [4.69, 9.17) is 5.73 Å². The normalized spacial score (nSPS) is 16.6. The van der Waals surface area contributed by atoms with Crippen LogP contribution in [0.4, 0.5) is 0 Å². The van der Waals surface area contributed by atoms with Gasteiger partial charge in [0.2, 0.25) is 5.91 Å². The van der Waals surface area contributed by atoms with E-state index in [1.807, 2.05) is 0 Å². The molecule has 0 unspecified atom stereocenters. The fraction of sp³-hybridized carbons (Fsp3) is 0.923. The molecule has 0 bridgehead atoms. The van der Waals surface area contributed by atoms with Gasteiger partial charge in [-0.3, -0.25) is 4.79 Å². The summed E-state index contributed by atoms with van der Waals surface area (Å²) in [7, 11) is 0. The Morgan fingerprint density at radius 1 is 1.21 bits per heavy atom. The van der Waals surface area contributed by atoms with Gasteiger partial charge in [0.05, 0.1) is 5.41 Å². The molecule has 3 N–H and O–H groups in total. The minimum Gasteiger partial charge on any atom is -0.354 e. The number of hydrogen-bond donors (Lipinski definition) is 2. The van der Waals surface area contributed by atoms with Gasteiger partial charge in [0.25, 0.3) is 0 Å². The van der Waals surface area contributed by atoms with Crippen molar-refractivity contribution in [1.29, 1.82) is 0 Å². The van der Waals surface area contributed by atoms with E-state index >= 15 is 0 Å². The smallest absolute Gasteiger partial charge is 0.227 e. The fourth-order valence-corrected chi connectivity index (χ4v) is 2.63. The van der Waals surface area contributed by atoms with Crippen molar-refractivity contribution in [1.82, 2.24) is 10.2 Å². The maximum absolute atomic E-state index is 12.1. The lowest BCUT2D eigenvalue weighted by Gasteiger charge is -2.26. The number of nitrogens with one attached hydrogen (secondary N) is 1. The van der Waals surface area contributed by atoms with Crippen LogP contribution < -0.4 is 11.1 Å². The lowest BCUT2D eigenvalue weighted by Crippen LogP contribution is -2.46. The van der Waals surface area contributed by atoms with Crippen LogP contribution in [0.25, 0.3) is 0 Å². The number of amides is 1. The Morgan fingerprint density at radius 3 is 2.16 bits per heavy atom. The molecule has 0 saturated heterocycles. The summed E-state index contributed by atoms with van der Waals surface area (Å²) in [6.07, 6.45) is 4.20. The monoisotopic (exact) mass is 313 g/mol. The first-order chi connectivity index (χ1) is 8.18. The van der Waals surface area contributed by atoms with Gasteiger partial charge in [-0.05, 0) is 25.9 Å². The van der Waals surface area contributed by atoms with Crippen molar-refractivity contribution in [3.05, 3.63) is 0 Å². The standard InChI is InChI=1S/C13H27N3O.2ClH/c1-3-16(4-2)10-9-15-12(17)13(11-14)7-5-6-8-13;;/h3-11,14H2,1-2H3,(H,15,17);2*1H. The predicted octanol–water partition coefficient (Wildman–Crippen LogP) is 1.81. The van der Waals surface area contributed by atoms with E-state index in [1.54, 1.807) is 0 Å². The van der Waals surface area contributed by atoms with E-state index in [1.165, 1.54) is 0 Å². The molecule has 0 aliphatic heterocycles. The molecular formula is C13H29Cl2N3O. The summed E-state index contributed by atoms with van der Waals surface area (Å²) in [5.74, 6) is 0.171. The third-order valence-corrected chi connectivity index (χ3v) is 4.04. The molecule has 6 heteroatoms. The molecule has 1 fully saturated rings. The van der Waals surface area contributed by atoms with Crippen LogP contribution in [-0.4, -0.2) is 43.5 Å². The highest BCUT2D eigenvalue weighted by Gasteiger charge is 2.39. The Hall–Kier alpha value is -0.0300. The summed E-state index contributed by atoms with van der Waals surface area (Å²) in [6.45, 7) is 8.52. The number of carbonyl (C=O) groups is 1. The molecule has 1 aliphatic carbocycles. The van der Waals surface area contributed by atoms with Gasteiger partial charge in [-0.2, -0.15) is 0 Å². The Labute approximate surface area is 129 Å². The highest BCUT2D eigenvalue weighted by molar-refractivity contribution is 5.85. The van der Waals surface area contributed by atoms with Gasteiger partial charge in [0, 0.05) is 19.6 Å². The van der Waals surface area contributed by atoms with E-state index in [2.05, 4.69) is 24.1 Å². The van der Waals surface area contributed by atoms with E-state index in [9.17, 15) is 4.79 Å². The van der Waals surface area contributed by atoms with Crippen molar-refractivity contribution in [3.8, 4) is 0 Å². The van der Waals surface area contributed by atoms with Gasteiger partial charge in [-0.1, -0.05) is 26.7 Å². The molecule has 1 rings (SSSR count). The molecule has 1 saturated carbocycles. The van der Waals surface area contributed by atoms with Crippen LogP contribution in [0.3, 0.4) is 0 Å². The van der Waals surface area contributed by atoms with Gasteiger partial charge in [-0.25, -0.2) is 0 Å². The first-order valence-electron chi connectivity index (χ1n) is 6.89. The third-order valence-electron chi connectivity index (χ3n) is 4.04. The largest absolute Gasteiger partial charge is 0.354 e. The second kappa shape index (κ2) is 10.7. The van der Waals surface area contributed by atoms with Crippen molar-refractivity contribution >= 4 is 30.7 Å². The molecule has 0 aromatic heterocycles. The number of halogens is 2. The topological polar surface area (TPSA) is 58.4 Å². The number of rotatable bonds is 7.